The number of benzene rings is 2. The van der Waals surface area contributed by atoms with Gasteiger partial charge in [0.1, 0.15) is 5.76 Å². The maximum Gasteiger partial charge on any atom is 0.295 e. The summed E-state index contributed by atoms with van der Waals surface area (Å²) in [4.78, 5) is 30.4. The van der Waals surface area contributed by atoms with E-state index in [0.29, 0.717) is 43.4 Å². The van der Waals surface area contributed by atoms with E-state index in [4.69, 9.17) is 14.2 Å². The second kappa shape index (κ2) is 9.59. The molecule has 1 amide bonds. The molecular weight excluding hydrogens is 460 g/mol. The minimum Gasteiger partial charge on any atom is -0.507 e. The number of Topliss-reactive ketones (excluding diaryl/α,β-unsaturated/α-hetero) is 1. The second-order valence-electron chi connectivity index (χ2n) is 10.4. The van der Waals surface area contributed by atoms with Gasteiger partial charge < -0.3 is 24.2 Å². The van der Waals surface area contributed by atoms with E-state index in [1.165, 1.54) is 0 Å². The lowest BCUT2D eigenvalue weighted by Crippen LogP contribution is -2.42. The number of carbonyl (C=O) groups is 2. The summed E-state index contributed by atoms with van der Waals surface area (Å²) >= 11 is 0. The Morgan fingerprint density at radius 2 is 1.67 bits per heavy atom. The average molecular weight is 493 g/mol. The van der Waals surface area contributed by atoms with Crippen molar-refractivity contribution in [2.45, 2.75) is 32.2 Å². The van der Waals surface area contributed by atoms with Gasteiger partial charge in [0.25, 0.3) is 11.7 Å². The molecule has 3 aliphatic rings. The van der Waals surface area contributed by atoms with E-state index in [0.717, 1.165) is 24.2 Å². The van der Waals surface area contributed by atoms with Gasteiger partial charge in [-0.25, -0.2) is 0 Å². The van der Waals surface area contributed by atoms with E-state index in [1.54, 1.807) is 23.1 Å². The lowest BCUT2D eigenvalue weighted by Gasteiger charge is -2.31. The van der Waals surface area contributed by atoms with Gasteiger partial charge >= 0.3 is 0 Å². The Labute approximate surface area is 211 Å². The number of aliphatic hydroxyl groups excluding tert-OH is 1. The van der Waals surface area contributed by atoms with E-state index < -0.39 is 17.7 Å². The molecule has 0 aliphatic carbocycles. The first-order valence-corrected chi connectivity index (χ1v) is 12.3. The normalized spacial score (nSPS) is 21.9. The molecule has 5 rings (SSSR count). The Kier molecular flexibility index (Phi) is 6.49. The summed E-state index contributed by atoms with van der Waals surface area (Å²) in [6.45, 7) is 10.4. The molecule has 190 valence electrons. The Bertz CT molecular complexity index is 1190. The highest BCUT2D eigenvalue weighted by molar-refractivity contribution is 6.46. The molecule has 2 aromatic rings. The van der Waals surface area contributed by atoms with Crippen LogP contribution in [0.2, 0.25) is 0 Å². The Hall–Kier alpha value is -3.36. The van der Waals surface area contributed by atoms with Gasteiger partial charge in [-0.15, -0.1) is 0 Å². The van der Waals surface area contributed by atoms with E-state index in [9.17, 15) is 14.7 Å². The Morgan fingerprint density at radius 1 is 0.972 bits per heavy atom. The van der Waals surface area contributed by atoms with E-state index >= 15 is 0 Å². The Morgan fingerprint density at radius 3 is 2.36 bits per heavy atom. The second-order valence-corrected chi connectivity index (χ2v) is 10.4. The minimum absolute atomic E-state index is 0.0385. The van der Waals surface area contributed by atoms with Crippen LogP contribution in [0.5, 0.6) is 11.5 Å². The highest BCUT2D eigenvalue weighted by atomic mass is 16.7. The standard InChI is InChI=1S/C28H32N2O6/c1-28(2,3)20-7-4-18(5-8-20)24-23(25(31)19-6-9-21-22(16-19)36-17-35-21)26(32)27(33)30(24)11-10-29-12-14-34-15-13-29/h4-9,16,24,31H,10-15,17H2,1-3H3/t24-/m1/s1. The van der Waals surface area contributed by atoms with Crippen molar-refractivity contribution in [1.82, 2.24) is 9.80 Å². The molecule has 8 heteroatoms. The van der Waals surface area contributed by atoms with Crippen LogP contribution in [0.3, 0.4) is 0 Å². The van der Waals surface area contributed by atoms with Crippen LogP contribution in [0.1, 0.15) is 43.5 Å². The summed E-state index contributed by atoms with van der Waals surface area (Å²) in [7, 11) is 0. The largest absolute Gasteiger partial charge is 0.507 e. The van der Waals surface area contributed by atoms with Gasteiger partial charge in [0.2, 0.25) is 6.79 Å². The molecule has 0 unspecified atom stereocenters. The highest BCUT2D eigenvalue weighted by Gasteiger charge is 2.46. The van der Waals surface area contributed by atoms with Crippen molar-refractivity contribution in [2.24, 2.45) is 0 Å². The predicted molar refractivity (Wildman–Crippen MR) is 134 cm³/mol. The van der Waals surface area contributed by atoms with Crippen molar-refractivity contribution in [3.8, 4) is 11.5 Å². The summed E-state index contributed by atoms with van der Waals surface area (Å²) in [5.74, 6) is -0.434. The third-order valence-electron chi connectivity index (χ3n) is 7.04. The van der Waals surface area contributed by atoms with Crippen LogP contribution in [0.15, 0.2) is 48.0 Å². The van der Waals surface area contributed by atoms with Crippen molar-refractivity contribution >= 4 is 17.4 Å². The van der Waals surface area contributed by atoms with Gasteiger partial charge in [-0.1, -0.05) is 45.0 Å². The van der Waals surface area contributed by atoms with Gasteiger partial charge in [-0.2, -0.15) is 0 Å². The fourth-order valence-corrected chi connectivity index (χ4v) is 4.90. The molecule has 1 N–H and O–H groups in total. The maximum absolute atomic E-state index is 13.3. The first-order valence-electron chi connectivity index (χ1n) is 12.3. The summed E-state index contributed by atoms with van der Waals surface area (Å²) in [5.41, 5.74) is 2.38. The molecule has 2 aromatic carbocycles. The van der Waals surface area contributed by atoms with Gasteiger partial charge in [-0.05, 0) is 34.7 Å². The third-order valence-corrected chi connectivity index (χ3v) is 7.04. The van der Waals surface area contributed by atoms with E-state index in [2.05, 4.69) is 25.7 Å². The monoisotopic (exact) mass is 492 g/mol. The number of hydrogen-bond donors (Lipinski definition) is 1. The topological polar surface area (TPSA) is 88.5 Å². The van der Waals surface area contributed by atoms with Crippen LogP contribution in [-0.4, -0.2) is 72.8 Å². The molecule has 36 heavy (non-hydrogen) atoms. The van der Waals surface area contributed by atoms with Crippen molar-refractivity contribution < 1.29 is 28.9 Å². The molecule has 2 fully saturated rings. The number of amides is 1. The fraction of sp³-hybridized carbons (Fsp3) is 0.429. The number of likely N-dealkylation sites (tertiary alicyclic amines) is 1. The molecule has 0 bridgehead atoms. The number of nitrogens with zero attached hydrogens (tertiary/aromatic N) is 2. The maximum atomic E-state index is 13.3. The van der Waals surface area contributed by atoms with Crippen LogP contribution in [-0.2, 0) is 19.7 Å². The van der Waals surface area contributed by atoms with Crippen molar-refractivity contribution in [3.63, 3.8) is 0 Å². The number of ether oxygens (including phenoxy) is 3. The summed E-state index contributed by atoms with van der Waals surface area (Å²) in [6.07, 6.45) is 0. The summed E-state index contributed by atoms with van der Waals surface area (Å²) < 4.78 is 16.3. The molecule has 2 saturated heterocycles. The average Bonchev–Trinajstić information content (AvgIpc) is 3.44. The summed E-state index contributed by atoms with van der Waals surface area (Å²) in [6, 6.07) is 12.3. The molecule has 1 atom stereocenters. The van der Waals surface area contributed by atoms with Crippen LogP contribution in [0.25, 0.3) is 5.76 Å². The number of rotatable bonds is 5. The zero-order chi connectivity index (χ0) is 25.4. The minimum atomic E-state index is -0.689. The summed E-state index contributed by atoms with van der Waals surface area (Å²) in [5, 5.41) is 11.3. The van der Waals surface area contributed by atoms with Crippen molar-refractivity contribution in [3.05, 3.63) is 64.7 Å². The first-order chi connectivity index (χ1) is 17.2. The van der Waals surface area contributed by atoms with Gasteiger partial charge in [-0.3, -0.25) is 14.5 Å². The van der Waals surface area contributed by atoms with E-state index in [-0.39, 0.29) is 23.5 Å². The molecule has 0 saturated carbocycles. The lowest BCUT2D eigenvalue weighted by atomic mass is 9.85. The van der Waals surface area contributed by atoms with Crippen molar-refractivity contribution in [1.29, 1.82) is 0 Å². The molecule has 3 heterocycles. The lowest BCUT2D eigenvalue weighted by molar-refractivity contribution is -0.140. The van der Waals surface area contributed by atoms with Crippen molar-refractivity contribution in [2.75, 3.05) is 46.2 Å². The number of hydrogen-bond acceptors (Lipinski definition) is 7. The first kappa shape index (κ1) is 24.3. The predicted octanol–water partition coefficient (Wildman–Crippen LogP) is 3.47. The fourth-order valence-electron chi connectivity index (χ4n) is 4.90. The van der Waals surface area contributed by atoms with Crippen LogP contribution in [0.4, 0.5) is 0 Å². The quantitative estimate of drug-likeness (QED) is 0.388. The van der Waals surface area contributed by atoms with Crippen LogP contribution in [0, 0.1) is 0 Å². The number of ketones is 1. The number of morpholine rings is 1. The number of fused-ring (bicyclic) bond motifs is 1. The molecule has 0 aromatic heterocycles. The van der Waals surface area contributed by atoms with Gasteiger partial charge in [0.05, 0.1) is 24.8 Å². The SMILES string of the molecule is CC(C)(C)c1ccc([C@@H]2C(=C(O)c3ccc4c(c3)OCO4)C(=O)C(=O)N2CCN2CCOCC2)cc1. The van der Waals surface area contributed by atoms with E-state index in [1.807, 2.05) is 24.3 Å². The van der Waals surface area contributed by atoms with Crippen LogP contribution >= 0.6 is 0 Å². The van der Waals surface area contributed by atoms with Gasteiger partial charge in [0, 0.05) is 31.7 Å². The van der Waals surface area contributed by atoms with Crippen LogP contribution < -0.4 is 9.47 Å². The molecule has 0 spiro atoms. The Balaban J connectivity index is 1.54. The molecule has 3 aliphatic heterocycles. The highest BCUT2D eigenvalue weighted by Crippen LogP contribution is 2.41. The molecule has 8 nitrogen and oxygen atoms in total. The zero-order valence-corrected chi connectivity index (χ0v) is 21.0. The third kappa shape index (κ3) is 4.58. The molecular formula is C28H32N2O6. The number of carbonyl (C=O) groups excluding carboxylic acids is 2. The number of aliphatic hydroxyl groups is 1. The van der Waals surface area contributed by atoms with Gasteiger partial charge in [0.15, 0.2) is 11.5 Å². The zero-order valence-electron chi connectivity index (χ0n) is 21.0. The smallest absolute Gasteiger partial charge is 0.295 e. The molecule has 0 radical (unpaired) electrons.